The molecule has 1 aliphatic rings. The third-order valence-electron chi connectivity index (χ3n) is 4.91. The summed E-state index contributed by atoms with van der Waals surface area (Å²) >= 11 is 0. The number of methoxy groups -OCH3 is 4. The van der Waals surface area contributed by atoms with Crippen LogP contribution >= 0.6 is 0 Å². The maximum absolute atomic E-state index is 13.1. The van der Waals surface area contributed by atoms with Crippen molar-refractivity contribution in [2.24, 2.45) is 0 Å². The maximum Gasteiger partial charge on any atom is 0.252 e. The molecule has 0 radical (unpaired) electrons. The standard InChI is InChI=1S/C22H27NO6/c1-22(2)12-16(15-11-14(25-3)7-8-17(15)29-22)23-21(24)13-9-18(26-4)20(28-6)19(10-13)27-5/h7-11,16H,12H2,1-6H3,(H,23,24). The van der Waals surface area contributed by atoms with Crippen LogP contribution < -0.4 is 29.0 Å². The van der Waals surface area contributed by atoms with Crippen LogP contribution in [0.2, 0.25) is 0 Å². The number of amides is 1. The normalized spacial score (nSPS) is 16.8. The van der Waals surface area contributed by atoms with E-state index >= 15 is 0 Å². The first-order valence-electron chi connectivity index (χ1n) is 9.29. The minimum Gasteiger partial charge on any atom is -0.497 e. The van der Waals surface area contributed by atoms with Crippen molar-refractivity contribution in [1.82, 2.24) is 5.32 Å². The summed E-state index contributed by atoms with van der Waals surface area (Å²) in [5, 5.41) is 3.11. The Labute approximate surface area is 170 Å². The summed E-state index contributed by atoms with van der Waals surface area (Å²) in [7, 11) is 6.17. The summed E-state index contributed by atoms with van der Waals surface area (Å²) in [5.74, 6) is 2.48. The molecule has 1 heterocycles. The molecule has 3 rings (SSSR count). The van der Waals surface area contributed by atoms with Gasteiger partial charge in [-0.05, 0) is 44.2 Å². The van der Waals surface area contributed by atoms with Gasteiger partial charge in [-0.25, -0.2) is 0 Å². The second-order valence-electron chi connectivity index (χ2n) is 7.41. The minimum atomic E-state index is -0.422. The fourth-order valence-corrected chi connectivity index (χ4v) is 3.54. The molecular weight excluding hydrogens is 374 g/mol. The Morgan fingerprint density at radius 3 is 2.21 bits per heavy atom. The van der Waals surface area contributed by atoms with Gasteiger partial charge in [-0.1, -0.05) is 0 Å². The van der Waals surface area contributed by atoms with E-state index in [0.717, 1.165) is 11.3 Å². The van der Waals surface area contributed by atoms with Gasteiger partial charge in [0, 0.05) is 17.5 Å². The highest BCUT2D eigenvalue weighted by molar-refractivity contribution is 5.96. The molecule has 2 aromatic carbocycles. The van der Waals surface area contributed by atoms with E-state index in [-0.39, 0.29) is 11.9 Å². The van der Waals surface area contributed by atoms with Crippen molar-refractivity contribution in [2.75, 3.05) is 28.4 Å². The quantitative estimate of drug-likeness (QED) is 0.795. The third kappa shape index (κ3) is 4.18. The van der Waals surface area contributed by atoms with Crippen LogP contribution in [-0.2, 0) is 0 Å². The molecule has 1 aliphatic heterocycles. The maximum atomic E-state index is 13.1. The van der Waals surface area contributed by atoms with E-state index in [1.54, 1.807) is 19.2 Å². The second kappa shape index (κ2) is 8.11. The molecule has 0 fully saturated rings. The van der Waals surface area contributed by atoms with Gasteiger partial charge in [-0.15, -0.1) is 0 Å². The lowest BCUT2D eigenvalue weighted by Crippen LogP contribution is -2.41. The SMILES string of the molecule is COc1ccc2c(c1)C(NC(=O)c1cc(OC)c(OC)c(OC)c1)CC(C)(C)O2. The number of nitrogens with one attached hydrogen (secondary N) is 1. The summed E-state index contributed by atoms with van der Waals surface area (Å²) in [6.07, 6.45) is 0.614. The lowest BCUT2D eigenvalue weighted by Gasteiger charge is -2.38. The smallest absolute Gasteiger partial charge is 0.252 e. The molecular formula is C22H27NO6. The van der Waals surface area contributed by atoms with E-state index < -0.39 is 5.60 Å². The van der Waals surface area contributed by atoms with Crippen LogP contribution in [0, 0.1) is 0 Å². The number of fused-ring (bicyclic) bond motifs is 1. The van der Waals surface area contributed by atoms with E-state index in [9.17, 15) is 4.79 Å². The third-order valence-corrected chi connectivity index (χ3v) is 4.91. The first kappa shape index (κ1) is 20.6. The van der Waals surface area contributed by atoms with Crippen molar-refractivity contribution in [3.05, 3.63) is 41.5 Å². The molecule has 7 nitrogen and oxygen atoms in total. The molecule has 0 aliphatic carbocycles. The zero-order valence-corrected chi connectivity index (χ0v) is 17.6. The summed E-state index contributed by atoms with van der Waals surface area (Å²) in [6, 6.07) is 8.63. The highest BCUT2D eigenvalue weighted by atomic mass is 16.5. The number of ether oxygens (including phenoxy) is 5. The van der Waals surface area contributed by atoms with E-state index in [2.05, 4.69) is 5.32 Å². The van der Waals surface area contributed by atoms with Gasteiger partial charge in [0.2, 0.25) is 5.75 Å². The highest BCUT2D eigenvalue weighted by Gasteiger charge is 2.35. The van der Waals surface area contributed by atoms with Crippen molar-refractivity contribution in [3.8, 4) is 28.7 Å². The van der Waals surface area contributed by atoms with Gasteiger partial charge in [-0.2, -0.15) is 0 Å². The molecule has 0 bridgehead atoms. The number of rotatable bonds is 6. The molecule has 29 heavy (non-hydrogen) atoms. The average molecular weight is 401 g/mol. The Morgan fingerprint density at radius 2 is 1.66 bits per heavy atom. The molecule has 1 atom stereocenters. The van der Waals surface area contributed by atoms with Crippen LogP contribution in [0.25, 0.3) is 0 Å². The fraction of sp³-hybridized carbons (Fsp3) is 0.409. The molecule has 0 saturated heterocycles. The Morgan fingerprint density at radius 1 is 1.00 bits per heavy atom. The summed E-state index contributed by atoms with van der Waals surface area (Å²) in [6.45, 7) is 4.00. The Hall–Kier alpha value is -3.09. The van der Waals surface area contributed by atoms with Crippen molar-refractivity contribution in [3.63, 3.8) is 0 Å². The predicted molar refractivity (Wildman–Crippen MR) is 109 cm³/mol. The van der Waals surface area contributed by atoms with Gasteiger partial charge in [0.1, 0.15) is 17.1 Å². The summed E-state index contributed by atoms with van der Waals surface area (Å²) in [5.41, 5.74) is 0.868. The van der Waals surface area contributed by atoms with Crippen LogP contribution in [0.5, 0.6) is 28.7 Å². The number of hydrogen-bond acceptors (Lipinski definition) is 6. The average Bonchev–Trinajstić information content (AvgIpc) is 2.71. The number of carbonyl (C=O) groups excluding carboxylic acids is 1. The largest absolute Gasteiger partial charge is 0.497 e. The Kier molecular flexibility index (Phi) is 5.77. The zero-order valence-electron chi connectivity index (χ0n) is 17.6. The van der Waals surface area contributed by atoms with Crippen molar-refractivity contribution >= 4 is 5.91 Å². The molecule has 1 amide bonds. The topological polar surface area (TPSA) is 75.3 Å². The number of hydrogen-bond donors (Lipinski definition) is 1. The number of carbonyl (C=O) groups is 1. The monoisotopic (exact) mass is 401 g/mol. The lowest BCUT2D eigenvalue weighted by molar-refractivity contribution is 0.0617. The summed E-state index contributed by atoms with van der Waals surface area (Å²) in [4.78, 5) is 13.1. The lowest BCUT2D eigenvalue weighted by atomic mass is 9.89. The minimum absolute atomic E-state index is 0.240. The highest BCUT2D eigenvalue weighted by Crippen LogP contribution is 2.42. The van der Waals surface area contributed by atoms with Gasteiger partial charge in [0.05, 0.1) is 34.5 Å². The van der Waals surface area contributed by atoms with E-state index in [1.807, 2.05) is 32.0 Å². The molecule has 7 heteroatoms. The van der Waals surface area contributed by atoms with Gasteiger partial charge in [0.25, 0.3) is 5.91 Å². The molecule has 0 spiro atoms. The Balaban J connectivity index is 1.95. The number of benzene rings is 2. The van der Waals surface area contributed by atoms with Crippen molar-refractivity contribution in [1.29, 1.82) is 0 Å². The predicted octanol–water partition coefficient (Wildman–Crippen LogP) is 3.75. The van der Waals surface area contributed by atoms with Crippen LogP contribution in [0.1, 0.15) is 42.2 Å². The van der Waals surface area contributed by atoms with Crippen LogP contribution in [0.3, 0.4) is 0 Å². The molecule has 2 aromatic rings. The molecule has 1 N–H and O–H groups in total. The second-order valence-corrected chi connectivity index (χ2v) is 7.41. The molecule has 1 unspecified atom stereocenters. The summed E-state index contributed by atoms with van der Waals surface area (Å²) < 4.78 is 27.5. The van der Waals surface area contributed by atoms with E-state index in [1.165, 1.54) is 21.3 Å². The van der Waals surface area contributed by atoms with Crippen LogP contribution in [-0.4, -0.2) is 39.9 Å². The van der Waals surface area contributed by atoms with Gasteiger partial charge >= 0.3 is 0 Å². The molecule has 0 saturated carbocycles. The Bertz CT molecular complexity index is 883. The van der Waals surface area contributed by atoms with Crippen LogP contribution in [0.15, 0.2) is 30.3 Å². The first-order valence-corrected chi connectivity index (χ1v) is 9.29. The molecule has 156 valence electrons. The van der Waals surface area contributed by atoms with Gasteiger partial charge in [0.15, 0.2) is 11.5 Å². The fourth-order valence-electron chi connectivity index (χ4n) is 3.54. The van der Waals surface area contributed by atoms with Crippen molar-refractivity contribution < 1.29 is 28.5 Å². The van der Waals surface area contributed by atoms with Crippen molar-refractivity contribution in [2.45, 2.75) is 31.9 Å². The molecule has 0 aromatic heterocycles. The van der Waals surface area contributed by atoms with Crippen LogP contribution in [0.4, 0.5) is 0 Å². The zero-order chi connectivity index (χ0) is 21.2. The first-order chi connectivity index (χ1) is 13.8. The van der Waals surface area contributed by atoms with Gasteiger partial charge in [-0.3, -0.25) is 4.79 Å². The van der Waals surface area contributed by atoms with Gasteiger partial charge < -0.3 is 29.0 Å². The van der Waals surface area contributed by atoms with E-state index in [0.29, 0.717) is 35.0 Å². The van der Waals surface area contributed by atoms with E-state index in [4.69, 9.17) is 23.7 Å².